The highest BCUT2D eigenvalue weighted by Crippen LogP contribution is 2.29. The minimum Gasteiger partial charge on any atom is -0.491 e. The minimum atomic E-state index is 0.243. The summed E-state index contributed by atoms with van der Waals surface area (Å²) in [6, 6.07) is 25.3. The lowest BCUT2D eigenvalue weighted by Crippen LogP contribution is -2.30. The number of hydrogen-bond donors (Lipinski definition) is 1. The van der Waals surface area contributed by atoms with Crippen molar-refractivity contribution in [2.45, 2.75) is 19.1 Å². The Labute approximate surface area is 190 Å². The molecule has 1 aliphatic heterocycles. The Bertz CT molecular complexity index is 956. The molecule has 5 heteroatoms. The normalized spacial score (nSPS) is 15.2. The van der Waals surface area contributed by atoms with Crippen LogP contribution in [0.3, 0.4) is 0 Å². The zero-order valence-corrected chi connectivity index (χ0v) is 18.6. The predicted molar refractivity (Wildman–Crippen MR) is 125 cm³/mol. The Morgan fingerprint density at radius 1 is 0.781 bits per heavy atom. The molecule has 1 atom stereocenters. The largest absolute Gasteiger partial charge is 0.491 e. The van der Waals surface area contributed by atoms with Crippen LogP contribution in [0.1, 0.15) is 28.3 Å². The Kier molecular flexibility index (Phi) is 8.15. The van der Waals surface area contributed by atoms with Gasteiger partial charge in [0.05, 0.1) is 25.9 Å². The molecule has 1 aliphatic rings. The van der Waals surface area contributed by atoms with Crippen LogP contribution in [-0.2, 0) is 22.5 Å². The first-order valence-corrected chi connectivity index (χ1v) is 11.2. The molecule has 0 saturated heterocycles. The zero-order valence-electron chi connectivity index (χ0n) is 18.6. The number of fused-ring (bicyclic) bond motifs is 1. The van der Waals surface area contributed by atoms with Crippen LogP contribution in [0.5, 0.6) is 11.5 Å². The maximum absolute atomic E-state index is 5.99. The van der Waals surface area contributed by atoms with E-state index in [-0.39, 0.29) is 6.04 Å². The molecular weight excluding hydrogens is 402 g/mol. The number of nitrogens with one attached hydrogen (secondary N) is 1. The molecule has 0 aromatic heterocycles. The minimum absolute atomic E-state index is 0.243. The second-order valence-corrected chi connectivity index (χ2v) is 7.79. The van der Waals surface area contributed by atoms with E-state index >= 15 is 0 Å². The van der Waals surface area contributed by atoms with Crippen LogP contribution in [0.2, 0.25) is 0 Å². The molecule has 168 valence electrons. The van der Waals surface area contributed by atoms with Crippen molar-refractivity contribution in [3.63, 3.8) is 0 Å². The van der Waals surface area contributed by atoms with Gasteiger partial charge in [0.1, 0.15) is 24.7 Å². The molecule has 0 fully saturated rings. The van der Waals surface area contributed by atoms with Gasteiger partial charge in [0.15, 0.2) is 0 Å². The SMILES string of the molecule is COCCOCCOc1ccc(COc2ccc(C3NCCc4ccccc43)cc2)cc1. The van der Waals surface area contributed by atoms with E-state index in [9.17, 15) is 0 Å². The number of ether oxygens (including phenoxy) is 4. The van der Waals surface area contributed by atoms with Crippen molar-refractivity contribution in [2.75, 3.05) is 40.1 Å². The molecule has 1 N–H and O–H groups in total. The summed E-state index contributed by atoms with van der Waals surface area (Å²) in [5.74, 6) is 1.69. The van der Waals surface area contributed by atoms with E-state index in [1.165, 1.54) is 16.7 Å². The van der Waals surface area contributed by atoms with Crippen LogP contribution >= 0.6 is 0 Å². The maximum atomic E-state index is 5.99. The van der Waals surface area contributed by atoms with Crippen molar-refractivity contribution < 1.29 is 18.9 Å². The van der Waals surface area contributed by atoms with E-state index in [0.29, 0.717) is 33.0 Å². The van der Waals surface area contributed by atoms with Gasteiger partial charge in [-0.2, -0.15) is 0 Å². The molecule has 1 heterocycles. The fraction of sp³-hybridized carbons (Fsp3) is 0.333. The lowest BCUT2D eigenvalue weighted by atomic mass is 9.90. The number of methoxy groups -OCH3 is 1. The molecule has 0 saturated carbocycles. The molecule has 5 nitrogen and oxygen atoms in total. The van der Waals surface area contributed by atoms with E-state index in [1.54, 1.807) is 7.11 Å². The van der Waals surface area contributed by atoms with E-state index in [1.807, 2.05) is 24.3 Å². The molecule has 4 rings (SSSR count). The summed E-state index contributed by atoms with van der Waals surface area (Å²) in [6.07, 6.45) is 1.08. The van der Waals surface area contributed by atoms with Gasteiger partial charge in [0.2, 0.25) is 0 Å². The zero-order chi connectivity index (χ0) is 22.0. The summed E-state index contributed by atoms with van der Waals surface area (Å²) in [6.45, 7) is 3.77. The lowest BCUT2D eigenvalue weighted by Gasteiger charge is -2.27. The van der Waals surface area contributed by atoms with Gasteiger partial charge in [-0.1, -0.05) is 48.5 Å². The van der Waals surface area contributed by atoms with Gasteiger partial charge in [-0.25, -0.2) is 0 Å². The summed E-state index contributed by atoms with van der Waals surface area (Å²) in [4.78, 5) is 0. The fourth-order valence-corrected chi connectivity index (χ4v) is 3.87. The predicted octanol–water partition coefficient (Wildman–Crippen LogP) is 4.54. The number of benzene rings is 3. The van der Waals surface area contributed by atoms with Crippen LogP contribution in [0.25, 0.3) is 0 Å². The van der Waals surface area contributed by atoms with Crippen molar-refractivity contribution in [1.82, 2.24) is 5.32 Å². The van der Waals surface area contributed by atoms with Gasteiger partial charge in [0.25, 0.3) is 0 Å². The molecule has 0 spiro atoms. The monoisotopic (exact) mass is 433 g/mol. The number of hydrogen-bond acceptors (Lipinski definition) is 5. The first-order chi connectivity index (χ1) is 15.8. The second-order valence-electron chi connectivity index (χ2n) is 7.79. The highest BCUT2D eigenvalue weighted by Gasteiger charge is 2.20. The quantitative estimate of drug-likeness (QED) is 0.450. The Balaban J connectivity index is 1.25. The average Bonchev–Trinajstić information content (AvgIpc) is 2.85. The van der Waals surface area contributed by atoms with Gasteiger partial charge in [-0.3, -0.25) is 0 Å². The highest BCUT2D eigenvalue weighted by molar-refractivity contribution is 5.41. The van der Waals surface area contributed by atoms with Crippen LogP contribution < -0.4 is 14.8 Å². The first-order valence-electron chi connectivity index (χ1n) is 11.2. The first kappa shape index (κ1) is 22.3. The molecule has 0 aliphatic carbocycles. The van der Waals surface area contributed by atoms with E-state index in [0.717, 1.165) is 30.0 Å². The van der Waals surface area contributed by atoms with E-state index in [4.69, 9.17) is 18.9 Å². The second kappa shape index (κ2) is 11.7. The third-order valence-electron chi connectivity index (χ3n) is 5.58. The molecular formula is C27H31NO4. The van der Waals surface area contributed by atoms with Crippen molar-refractivity contribution in [1.29, 1.82) is 0 Å². The Morgan fingerprint density at radius 2 is 1.50 bits per heavy atom. The summed E-state index contributed by atoms with van der Waals surface area (Å²) in [5.41, 5.74) is 5.16. The third kappa shape index (κ3) is 6.10. The van der Waals surface area contributed by atoms with E-state index < -0.39 is 0 Å². The molecule has 3 aromatic carbocycles. The topological polar surface area (TPSA) is 49.0 Å². The Hall–Kier alpha value is -2.86. The van der Waals surface area contributed by atoms with Gasteiger partial charge in [-0.15, -0.1) is 0 Å². The van der Waals surface area contributed by atoms with Crippen molar-refractivity contribution in [3.05, 3.63) is 95.1 Å². The molecule has 1 unspecified atom stereocenters. The highest BCUT2D eigenvalue weighted by atomic mass is 16.5. The van der Waals surface area contributed by atoms with Crippen LogP contribution in [-0.4, -0.2) is 40.1 Å². The van der Waals surface area contributed by atoms with E-state index in [2.05, 4.69) is 53.8 Å². The maximum Gasteiger partial charge on any atom is 0.119 e. The van der Waals surface area contributed by atoms with Crippen molar-refractivity contribution in [2.24, 2.45) is 0 Å². The molecule has 32 heavy (non-hydrogen) atoms. The standard InChI is InChI=1S/C27H31NO4/c1-29-16-17-30-18-19-31-24-10-6-21(7-11-24)20-32-25-12-8-23(9-13-25)27-26-5-3-2-4-22(26)14-15-28-27/h2-13,27-28H,14-20H2,1H3. The van der Waals surface area contributed by atoms with Crippen molar-refractivity contribution >= 4 is 0 Å². The van der Waals surface area contributed by atoms with Gasteiger partial charge in [0, 0.05) is 13.7 Å². The average molecular weight is 434 g/mol. The number of rotatable bonds is 11. The molecule has 0 amide bonds. The molecule has 0 radical (unpaired) electrons. The fourth-order valence-electron chi connectivity index (χ4n) is 3.87. The van der Waals surface area contributed by atoms with Gasteiger partial charge >= 0.3 is 0 Å². The molecule has 0 bridgehead atoms. The third-order valence-corrected chi connectivity index (χ3v) is 5.58. The van der Waals surface area contributed by atoms with Gasteiger partial charge < -0.3 is 24.3 Å². The lowest BCUT2D eigenvalue weighted by molar-refractivity contribution is 0.0544. The van der Waals surface area contributed by atoms with Crippen LogP contribution in [0.15, 0.2) is 72.8 Å². The smallest absolute Gasteiger partial charge is 0.119 e. The van der Waals surface area contributed by atoms with Crippen LogP contribution in [0.4, 0.5) is 0 Å². The summed E-state index contributed by atoms with van der Waals surface area (Å²) in [7, 11) is 1.66. The Morgan fingerprint density at radius 3 is 2.31 bits per heavy atom. The van der Waals surface area contributed by atoms with Gasteiger partial charge in [-0.05, 0) is 52.9 Å². The van der Waals surface area contributed by atoms with Crippen molar-refractivity contribution in [3.8, 4) is 11.5 Å². The van der Waals surface area contributed by atoms with Crippen LogP contribution in [0, 0.1) is 0 Å². The summed E-state index contributed by atoms with van der Waals surface area (Å²) < 4.78 is 22.0. The summed E-state index contributed by atoms with van der Waals surface area (Å²) >= 11 is 0. The molecule has 3 aromatic rings. The summed E-state index contributed by atoms with van der Waals surface area (Å²) in [5, 5.41) is 3.64.